The molecule has 0 aliphatic carbocycles. The lowest BCUT2D eigenvalue weighted by molar-refractivity contribution is 1.12. The van der Waals surface area contributed by atoms with Crippen molar-refractivity contribution in [2.24, 2.45) is 0 Å². The van der Waals surface area contributed by atoms with E-state index in [9.17, 15) is 0 Å². The molecule has 3 N–H and O–H groups in total. The molecule has 0 saturated carbocycles. The van der Waals surface area contributed by atoms with Gasteiger partial charge in [-0.15, -0.1) is 0 Å². The molecule has 0 radical (unpaired) electrons. The van der Waals surface area contributed by atoms with Gasteiger partial charge in [0.05, 0.1) is 0 Å². The largest absolute Gasteiger partial charge is 0.368 e. The first kappa shape index (κ1) is 13.1. The molecule has 0 aliphatic rings. The van der Waals surface area contributed by atoms with Crippen molar-refractivity contribution in [3.05, 3.63) is 60.6 Å². The van der Waals surface area contributed by atoms with Gasteiger partial charge in [-0.1, -0.05) is 18.2 Å². The number of nitrogen functional groups attached to an aromatic ring is 1. The lowest BCUT2D eigenvalue weighted by Gasteiger charge is -2.09. The fourth-order valence-electron chi connectivity index (χ4n) is 2.11. The van der Waals surface area contributed by atoms with Crippen molar-refractivity contribution in [3.8, 4) is 11.1 Å². The van der Waals surface area contributed by atoms with Gasteiger partial charge in [0.15, 0.2) is 0 Å². The first-order chi connectivity index (χ1) is 10.2. The van der Waals surface area contributed by atoms with Crippen molar-refractivity contribution in [2.45, 2.75) is 6.92 Å². The molecule has 1 aromatic carbocycles. The van der Waals surface area contributed by atoms with Gasteiger partial charge in [-0.05, 0) is 30.7 Å². The summed E-state index contributed by atoms with van der Waals surface area (Å²) in [5.41, 5.74) is 9.59. The Morgan fingerprint density at radius 3 is 2.62 bits per heavy atom. The van der Waals surface area contributed by atoms with Gasteiger partial charge in [0.25, 0.3) is 0 Å². The van der Waals surface area contributed by atoms with Crippen LogP contribution in [0.5, 0.6) is 0 Å². The van der Waals surface area contributed by atoms with Crippen LogP contribution in [-0.4, -0.2) is 15.0 Å². The molecule has 0 fully saturated rings. The third kappa shape index (κ3) is 3.14. The van der Waals surface area contributed by atoms with Crippen LogP contribution in [0.3, 0.4) is 0 Å². The molecule has 104 valence electrons. The quantitative estimate of drug-likeness (QED) is 0.769. The summed E-state index contributed by atoms with van der Waals surface area (Å²) in [7, 11) is 0. The lowest BCUT2D eigenvalue weighted by atomic mass is 10.1. The van der Waals surface area contributed by atoms with Crippen molar-refractivity contribution >= 4 is 17.5 Å². The first-order valence-electron chi connectivity index (χ1n) is 6.59. The number of aryl methyl sites for hydroxylation is 1. The van der Waals surface area contributed by atoms with Crippen LogP contribution in [0.2, 0.25) is 0 Å². The Hall–Kier alpha value is -2.95. The molecule has 0 spiro atoms. The summed E-state index contributed by atoms with van der Waals surface area (Å²) in [4.78, 5) is 12.4. The maximum atomic E-state index is 5.66. The summed E-state index contributed by atoms with van der Waals surface area (Å²) < 4.78 is 0. The minimum absolute atomic E-state index is 0.265. The minimum Gasteiger partial charge on any atom is -0.368 e. The van der Waals surface area contributed by atoms with Gasteiger partial charge in [0, 0.05) is 35.4 Å². The van der Waals surface area contributed by atoms with Gasteiger partial charge in [-0.25, -0.2) is 4.98 Å². The molecule has 5 nitrogen and oxygen atoms in total. The molecule has 2 aromatic heterocycles. The van der Waals surface area contributed by atoms with Crippen molar-refractivity contribution in [1.29, 1.82) is 0 Å². The van der Waals surface area contributed by atoms with E-state index in [0.29, 0.717) is 5.82 Å². The van der Waals surface area contributed by atoms with Crippen LogP contribution in [0.15, 0.2) is 54.9 Å². The highest BCUT2D eigenvalue weighted by Crippen LogP contribution is 2.23. The number of nitrogens with one attached hydrogen (secondary N) is 1. The standard InChI is InChI=1S/C16H15N5/c1-11-8-15(21-16(17)19-11)20-14-6-2-4-12(9-14)13-5-3-7-18-10-13/h2-10H,1H3,(H3,17,19,20,21). The Labute approximate surface area is 122 Å². The molecule has 21 heavy (non-hydrogen) atoms. The Morgan fingerprint density at radius 2 is 1.86 bits per heavy atom. The van der Waals surface area contributed by atoms with Crippen LogP contribution >= 0.6 is 0 Å². The van der Waals surface area contributed by atoms with E-state index in [0.717, 1.165) is 22.5 Å². The number of hydrogen-bond acceptors (Lipinski definition) is 5. The van der Waals surface area contributed by atoms with Crippen LogP contribution in [0.4, 0.5) is 17.5 Å². The van der Waals surface area contributed by atoms with Gasteiger partial charge < -0.3 is 11.1 Å². The third-order valence-corrected chi connectivity index (χ3v) is 3.00. The number of rotatable bonds is 3. The first-order valence-corrected chi connectivity index (χ1v) is 6.59. The fraction of sp³-hybridized carbons (Fsp3) is 0.0625. The summed E-state index contributed by atoms with van der Waals surface area (Å²) in [5.74, 6) is 0.948. The molecule has 0 bridgehead atoms. The molecule has 0 atom stereocenters. The Morgan fingerprint density at radius 1 is 1.00 bits per heavy atom. The average molecular weight is 277 g/mol. The summed E-state index contributed by atoms with van der Waals surface area (Å²) in [6.07, 6.45) is 3.60. The van der Waals surface area contributed by atoms with E-state index in [-0.39, 0.29) is 5.95 Å². The zero-order valence-electron chi connectivity index (χ0n) is 11.6. The average Bonchev–Trinajstić information content (AvgIpc) is 2.47. The van der Waals surface area contributed by atoms with E-state index in [1.54, 1.807) is 6.20 Å². The van der Waals surface area contributed by atoms with Crippen molar-refractivity contribution in [3.63, 3.8) is 0 Å². The van der Waals surface area contributed by atoms with Gasteiger partial charge in [-0.3, -0.25) is 4.98 Å². The van der Waals surface area contributed by atoms with Crippen LogP contribution in [-0.2, 0) is 0 Å². The SMILES string of the molecule is Cc1cc(Nc2cccc(-c3cccnc3)c2)nc(N)n1. The zero-order chi connectivity index (χ0) is 14.7. The fourth-order valence-corrected chi connectivity index (χ4v) is 2.11. The summed E-state index contributed by atoms with van der Waals surface area (Å²) in [6.45, 7) is 1.88. The number of nitrogens with zero attached hydrogens (tertiary/aromatic N) is 3. The summed E-state index contributed by atoms with van der Waals surface area (Å²) in [5, 5.41) is 3.24. The predicted octanol–water partition coefficient (Wildman–Crippen LogP) is 3.17. The maximum absolute atomic E-state index is 5.66. The Bertz CT molecular complexity index is 735. The second kappa shape index (κ2) is 5.58. The van der Waals surface area contributed by atoms with Crippen molar-refractivity contribution in [1.82, 2.24) is 15.0 Å². The van der Waals surface area contributed by atoms with Gasteiger partial charge >= 0.3 is 0 Å². The van der Waals surface area contributed by atoms with Crippen LogP contribution in [0.1, 0.15) is 5.69 Å². The van der Waals surface area contributed by atoms with E-state index >= 15 is 0 Å². The maximum Gasteiger partial charge on any atom is 0.222 e. The van der Waals surface area contributed by atoms with E-state index in [1.807, 2.05) is 55.6 Å². The zero-order valence-corrected chi connectivity index (χ0v) is 11.6. The summed E-state index contributed by atoms with van der Waals surface area (Å²) >= 11 is 0. The topological polar surface area (TPSA) is 76.7 Å². The highest BCUT2D eigenvalue weighted by atomic mass is 15.1. The van der Waals surface area contributed by atoms with Crippen LogP contribution < -0.4 is 11.1 Å². The second-order valence-corrected chi connectivity index (χ2v) is 4.70. The minimum atomic E-state index is 0.265. The number of hydrogen-bond donors (Lipinski definition) is 2. The highest BCUT2D eigenvalue weighted by Gasteiger charge is 2.02. The summed E-state index contributed by atoms with van der Waals surface area (Å²) in [6, 6.07) is 13.9. The number of anilines is 3. The van der Waals surface area contributed by atoms with Crippen molar-refractivity contribution < 1.29 is 0 Å². The third-order valence-electron chi connectivity index (χ3n) is 3.00. The molecule has 0 unspecified atom stereocenters. The van der Waals surface area contributed by atoms with E-state index in [2.05, 4.69) is 20.3 Å². The molecule has 2 heterocycles. The van der Waals surface area contributed by atoms with Gasteiger partial charge in [-0.2, -0.15) is 4.98 Å². The van der Waals surface area contributed by atoms with Crippen LogP contribution in [0.25, 0.3) is 11.1 Å². The molecule has 0 amide bonds. The number of aromatic nitrogens is 3. The van der Waals surface area contributed by atoms with Crippen LogP contribution in [0, 0.1) is 6.92 Å². The monoisotopic (exact) mass is 277 g/mol. The normalized spacial score (nSPS) is 10.3. The lowest BCUT2D eigenvalue weighted by Crippen LogP contribution is -2.01. The Kier molecular flexibility index (Phi) is 3.47. The number of nitrogens with two attached hydrogens (primary N) is 1. The Balaban J connectivity index is 1.90. The van der Waals surface area contributed by atoms with Gasteiger partial charge in [0.2, 0.25) is 5.95 Å². The van der Waals surface area contributed by atoms with E-state index in [1.165, 1.54) is 0 Å². The van der Waals surface area contributed by atoms with Crippen molar-refractivity contribution in [2.75, 3.05) is 11.1 Å². The number of benzene rings is 1. The highest BCUT2D eigenvalue weighted by molar-refractivity contribution is 5.69. The molecular formula is C16H15N5. The molecule has 3 aromatic rings. The molecule has 3 rings (SSSR count). The van der Waals surface area contributed by atoms with E-state index < -0.39 is 0 Å². The molecule has 5 heteroatoms. The smallest absolute Gasteiger partial charge is 0.222 e. The number of pyridine rings is 1. The van der Waals surface area contributed by atoms with Gasteiger partial charge in [0.1, 0.15) is 5.82 Å². The van der Waals surface area contributed by atoms with E-state index in [4.69, 9.17) is 5.73 Å². The molecular weight excluding hydrogens is 262 g/mol. The second-order valence-electron chi connectivity index (χ2n) is 4.70. The molecule has 0 aliphatic heterocycles. The predicted molar refractivity (Wildman–Crippen MR) is 84.1 cm³/mol. The molecule has 0 saturated heterocycles.